The summed E-state index contributed by atoms with van der Waals surface area (Å²) in [6, 6.07) is 15.1. The Morgan fingerprint density at radius 3 is 2.50 bits per heavy atom. The van der Waals surface area contributed by atoms with Crippen LogP contribution in [0.15, 0.2) is 42.5 Å². The molecule has 0 aliphatic carbocycles. The van der Waals surface area contributed by atoms with Gasteiger partial charge in [0.1, 0.15) is 5.75 Å². The van der Waals surface area contributed by atoms with Gasteiger partial charge in [0.15, 0.2) is 0 Å². The molecule has 104 valence electrons. The van der Waals surface area contributed by atoms with Crippen molar-refractivity contribution in [1.82, 2.24) is 0 Å². The van der Waals surface area contributed by atoms with Gasteiger partial charge in [0, 0.05) is 12.2 Å². The molecule has 1 aliphatic rings. The van der Waals surface area contributed by atoms with E-state index in [-0.39, 0.29) is 6.10 Å². The van der Waals surface area contributed by atoms with Gasteiger partial charge in [-0.15, -0.1) is 0 Å². The van der Waals surface area contributed by atoms with Crippen molar-refractivity contribution in [2.45, 2.75) is 32.8 Å². The molecule has 0 fully saturated rings. The topological polar surface area (TPSA) is 21.3 Å². The lowest BCUT2D eigenvalue weighted by Crippen LogP contribution is -2.11. The van der Waals surface area contributed by atoms with Crippen molar-refractivity contribution in [1.29, 1.82) is 0 Å². The number of rotatable bonds is 3. The number of aryl methyl sites for hydroxylation is 1. The van der Waals surface area contributed by atoms with Gasteiger partial charge in [-0.05, 0) is 67.6 Å². The smallest absolute Gasteiger partial charge is 0.119 e. The number of hydrogen-bond donors (Lipinski definition) is 1. The molecule has 3 rings (SSSR count). The molecule has 2 nitrogen and oxygen atoms in total. The van der Waals surface area contributed by atoms with Gasteiger partial charge in [-0.2, -0.15) is 0 Å². The van der Waals surface area contributed by atoms with Crippen molar-refractivity contribution in [2.24, 2.45) is 0 Å². The van der Waals surface area contributed by atoms with E-state index in [9.17, 15) is 0 Å². The first-order valence-electron chi connectivity index (χ1n) is 7.36. The van der Waals surface area contributed by atoms with Gasteiger partial charge in [0.05, 0.1) is 6.10 Å². The summed E-state index contributed by atoms with van der Waals surface area (Å²) in [5.41, 5.74) is 5.24. The molecular weight excluding hydrogens is 246 g/mol. The Balaban J connectivity index is 1.85. The van der Waals surface area contributed by atoms with Crippen LogP contribution in [0.2, 0.25) is 0 Å². The third-order valence-electron chi connectivity index (χ3n) is 3.60. The maximum Gasteiger partial charge on any atom is 0.119 e. The zero-order chi connectivity index (χ0) is 13.9. The molecule has 1 aliphatic heterocycles. The van der Waals surface area contributed by atoms with Gasteiger partial charge in [-0.1, -0.05) is 18.2 Å². The highest BCUT2D eigenvalue weighted by molar-refractivity contribution is 5.69. The van der Waals surface area contributed by atoms with Crippen LogP contribution >= 0.6 is 0 Å². The van der Waals surface area contributed by atoms with Crippen LogP contribution in [0.4, 0.5) is 5.69 Å². The summed E-state index contributed by atoms with van der Waals surface area (Å²) < 4.78 is 5.69. The largest absolute Gasteiger partial charge is 0.491 e. The number of fused-ring (bicyclic) bond motifs is 1. The summed E-state index contributed by atoms with van der Waals surface area (Å²) in [5.74, 6) is 0.934. The standard InChI is InChI=1S/C18H21NO/c1-13(2)20-17-8-5-14(6-9-17)15-7-10-18-16(12-15)4-3-11-19-18/h5-10,12-13,19H,3-4,11H2,1-2H3. The Labute approximate surface area is 120 Å². The second kappa shape index (κ2) is 5.58. The molecule has 0 spiro atoms. The second-order valence-corrected chi connectivity index (χ2v) is 5.59. The van der Waals surface area contributed by atoms with Crippen molar-refractivity contribution >= 4 is 5.69 Å². The summed E-state index contributed by atoms with van der Waals surface area (Å²) in [4.78, 5) is 0. The lowest BCUT2D eigenvalue weighted by Gasteiger charge is -2.18. The zero-order valence-electron chi connectivity index (χ0n) is 12.1. The highest BCUT2D eigenvalue weighted by atomic mass is 16.5. The van der Waals surface area contributed by atoms with E-state index in [4.69, 9.17) is 4.74 Å². The minimum Gasteiger partial charge on any atom is -0.491 e. The fourth-order valence-corrected chi connectivity index (χ4v) is 2.65. The lowest BCUT2D eigenvalue weighted by molar-refractivity contribution is 0.242. The van der Waals surface area contributed by atoms with Crippen molar-refractivity contribution < 1.29 is 4.74 Å². The van der Waals surface area contributed by atoms with Crippen molar-refractivity contribution in [3.63, 3.8) is 0 Å². The van der Waals surface area contributed by atoms with E-state index in [1.54, 1.807) is 0 Å². The molecule has 0 unspecified atom stereocenters. The Hall–Kier alpha value is -1.96. The molecule has 2 aromatic carbocycles. The molecule has 1 heterocycles. The van der Waals surface area contributed by atoms with Crippen molar-refractivity contribution in [3.05, 3.63) is 48.0 Å². The summed E-state index contributed by atoms with van der Waals surface area (Å²) in [6.07, 6.45) is 2.61. The molecule has 0 bridgehead atoms. The van der Waals surface area contributed by atoms with E-state index < -0.39 is 0 Å². The quantitative estimate of drug-likeness (QED) is 0.884. The first kappa shape index (κ1) is 13.0. The van der Waals surface area contributed by atoms with E-state index in [1.807, 2.05) is 26.0 Å². The predicted molar refractivity (Wildman–Crippen MR) is 84.5 cm³/mol. The van der Waals surface area contributed by atoms with Crippen LogP contribution in [0.25, 0.3) is 11.1 Å². The molecule has 0 atom stereocenters. The third kappa shape index (κ3) is 2.79. The maximum atomic E-state index is 5.69. The number of ether oxygens (including phenoxy) is 1. The SMILES string of the molecule is CC(C)Oc1ccc(-c2ccc3c(c2)CCCN3)cc1. The molecular formula is C18H21NO. The normalized spacial score (nSPS) is 13.8. The minimum absolute atomic E-state index is 0.218. The lowest BCUT2D eigenvalue weighted by atomic mass is 9.97. The minimum atomic E-state index is 0.218. The number of anilines is 1. The van der Waals surface area contributed by atoms with Crippen LogP contribution in [0.1, 0.15) is 25.8 Å². The van der Waals surface area contributed by atoms with Crippen LogP contribution in [0.3, 0.4) is 0 Å². The highest BCUT2D eigenvalue weighted by Crippen LogP contribution is 2.29. The number of nitrogens with one attached hydrogen (secondary N) is 1. The molecule has 0 saturated heterocycles. The van der Waals surface area contributed by atoms with E-state index in [2.05, 4.69) is 35.6 Å². The van der Waals surface area contributed by atoms with E-state index in [1.165, 1.54) is 35.2 Å². The summed E-state index contributed by atoms with van der Waals surface area (Å²) in [5, 5.41) is 3.45. The van der Waals surface area contributed by atoms with Gasteiger partial charge < -0.3 is 10.1 Å². The Morgan fingerprint density at radius 1 is 1.00 bits per heavy atom. The summed E-state index contributed by atoms with van der Waals surface area (Å²) >= 11 is 0. The molecule has 0 saturated carbocycles. The Bertz CT molecular complexity index is 587. The van der Waals surface area contributed by atoms with Gasteiger partial charge in [-0.25, -0.2) is 0 Å². The van der Waals surface area contributed by atoms with Gasteiger partial charge in [-0.3, -0.25) is 0 Å². The predicted octanol–water partition coefficient (Wildman–Crippen LogP) is 4.50. The molecule has 1 N–H and O–H groups in total. The monoisotopic (exact) mass is 267 g/mol. The first-order valence-corrected chi connectivity index (χ1v) is 7.36. The average molecular weight is 267 g/mol. The first-order chi connectivity index (χ1) is 9.72. The fourth-order valence-electron chi connectivity index (χ4n) is 2.65. The molecule has 20 heavy (non-hydrogen) atoms. The van der Waals surface area contributed by atoms with Crippen LogP contribution in [0, 0.1) is 0 Å². The van der Waals surface area contributed by atoms with E-state index >= 15 is 0 Å². The van der Waals surface area contributed by atoms with E-state index in [0.29, 0.717) is 0 Å². The fraction of sp³-hybridized carbons (Fsp3) is 0.333. The van der Waals surface area contributed by atoms with Crippen LogP contribution in [-0.2, 0) is 6.42 Å². The molecule has 0 radical (unpaired) electrons. The van der Waals surface area contributed by atoms with Crippen molar-refractivity contribution in [2.75, 3.05) is 11.9 Å². The molecule has 0 aromatic heterocycles. The van der Waals surface area contributed by atoms with Gasteiger partial charge in [0.25, 0.3) is 0 Å². The van der Waals surface area contributed by atoms with Crippen LogP contribution in [0.5, 0.6) is 5.75 Å². The van der Waals surface area contributed by atoms with Crippen LogP contribution < -0.4 is 10.1 Å². The Morgan fingerprint density at radius 2 is 1.75 bits per heavy atom. The number of hydrogen-bond acceptors (Lipinski definition) is 2. The second-order valence-electron chi connectivity index (χ2n) is 5.59. The van der Waals surface area contributed by atoms with E-state index in [0.717, 1.165) is 12.3 Å². The van der Waals surface area contributed by atoms with Crippen molar-refractivity contribution in [3.8, 4) is 16.9 Å². The Kier molecular flexibility index (Phi) is 3.64. The van der Waals surface area contributed by atoms with Gasteiger partial charge >= 0.3 is 0 Å². The number of benzene rings is 2. The summed E-state index contributed by atoms with van der Waals surface area (Å²) in [7, 11) is 0. The zero-order valence-corrected chi connectivity index (χ0v) is 12.1. The molecule has 2 aromatic rings. The van der Waals surface area contributed by atoms with Crippen LogP contribution in [-0.4, -0.2) is 12.6 Å². The highest BCUT2D eigenvalue weighted by Gasteiger charge is 2.09. The third-order valence-corrected chi connectivity index (χ3v) is 3.60. The van der Waals surface area contributed by atoms with Gasteiger partial charge in [0.2, 0.25) is 0 Å². The molecule has 0 amide bonds. The summed E-state index contributed by atoms with van der Waals surface area (Å²) in [6.45, 7) is 5.18. The average Bonchev–Trinajstić information content (AvgIpc) is 2.47. The maximum absolute atomic E-state index is 5.69. The molecule has 2 heteroatoms.